The van der Waals surface area contributed by atoms with Crippen LogP contribution in [0.2, 0.25) is 5.02 Å². The topological polar surface area (TPSA) is 87.3 Å². The highest BCUT2D eigenvalue weighted by Gasteiger charge is 2.20. The van der Waals surface area contributed by atoms with Crippen molar-refractivity contribution in [2.75, 3.05) is 10.6 Å². The van der Waals surface area contributed by atoms with Crippen molar-refractivity contribution in [2.45, 2.75) is 19.4 Å². The van der Waals surface area contributed by atoms with Crippen molar-refractivity contribution in [3.05, 3.63) is 95.0 Å². The van der Waals surface area contributed by atoms with E-state index in [1.807, 2.05) is 30.3 Å². The Morgan fingerprint density at radius 3 is 2.16 bits per heavy atom. The van der Waals surface area contributed by atoms with Crippen LogP contribution in [0.15, 0.2) is 78.9 Å². The van der Waals surface area contributed by atoms with Crippen molar-refractivity contribution in [1.29, 1.82) is 0 Å². The first-order chi connectivity index (χ1) is 14.9. The van der Waals surface area contributed by atoms with Crippen LogP contribution in [0.3, 0.4) is 0 Å². The molecule has 3 aromatic rings. The molecule has 3 N–H and O–H groups in total. The Morgan fingerprint density at radius 2 is 1.48 bits per heavy atom. The van der Waals surface area contributed by atoms with E-state index in [0.29, 0.717) is 22.0 Å². The van der Waals surface area contributed by atoms with E-state index in [0.717, 1.165) is 5.56 Å². The number of halogens is 1. The van der Waals surface area contributed by atoms with Crippen molar-refractivity contribution in [2.24, 2.45) is 0 Å². The summed E-state index contributed by atoms with van der Waals surface area (Å²) in [5.74, 6) is -0.844. The molecule has 0 aliphatic carbocycles. The first-order valence-corrected chi connectivity index (χ1v) is 10.1. The van der Waals surface area contributed by atoms with E-state index in [1.54, 1.807) is 48.5 Å². The van der Waals surface area contributed by atoms with E-state index in [4.69, 9.17) is 11.6 Å². The van der Waals surface area contributed by atoms with Gasteiger partial charge >= 0.3 is 0 Å². The second-order valence-corrected chi connectivity index (χ2v) is 7.34. The number of carbonyl (C=O) groups is 3. The van der Waals surface area contributed by atoms with E-state index < -0.39 is 6.04 Å². The van der Waals surface area contributed by atoms with Gasteiger partial charge < -0.3 is 16.0 Å². The van der Waals surface area contributed by atoms with Crippen LogP contribution in [0.4, 0.5) is 11.4 Å². The van der Waals surface area contributed by atoms with Crippen LogP contribution in [0, 0.1) is 0 Å². The van der Waals surface area contributed by atoms with E-state index in [1.165, 1.54) is 6.92 Å². The molecule has 0 fully saturated rings. The second kappa shape index (κ2) is 10.4. The largest absolute Gasteiger partial charge is 0.345 e. The van der Waals surface area contributed by atoms with E-state index in [-0.39, 0.29) is 24.1 Å². The maximum Gasteiger partial charge on any atom is 0.253 e. The number of anilines is 2. The first kappa shape index (κ1) is 22.1. The molecule has 158 valence electrons. The SMILES string of the molecule is CC(=O)Nc1cccc(NC(=O)C[C@H](NC(=O)c2ccccc2Cl)c2ccccc2)c1. The fourth-order valence-corrected chi connectivity index (χ4v) is 3.32. The van der Waals surface area contributed by atoms with Gasteiger partial charge in [-0.25, -0.2) is 0 Å². The standard InChI is InChI=1S/C24H22ClN3O3/c1-16(29)26-18-10-7-11-19(14-18)27-23(30)15-22(17-8-3-2-4-9-17)28-24(31)20-12-5-6-13-21(20)25/h2-14,22H,15H2,1H3,(H,26,29)(H,27,30)(H,28,31)/t22-/m0/s1. The minimum absolute atomic E-state index is 0.0184. The van der Waals surface area contributed by atoms with Gasteiger partial charge in [-0.15, -0.1) is 0 Å². The van der Waals surface area contributed by atoms with Crippen LogP contribution in [-0.2, 0) is 9.59 Å². The lowest BCUT2D eigenvalue weighted by molar-refractivity contribution is -0.116. The zero-order chi connectivity index (χ0) is 22.2. The lowest BCUT2D eigenvalue weighted by atomic mass is 10.0. The molecular formula is C24H22ClN3O3. The van der Waals surface area contributed by atoms with Gasteiger partial charge in [0.05, 0.1) is 23.0 Å². The Balaban J connectivity index is 1.75. The number of rotatable bonds is 7. The minimum Gasteiger partial charge on any atom is -0.345 e. The maximum absolute atomic E-state index is 12.8. The molecule has 0 radical (unpaired) electrons. The highest BCUT2D eigenvalue weighted by Crippen LogP contribution is 2.22. The van der Waals surface area contributed by atoms with Gasteiger partial charge in [0.1, 0.15) is 0 Å². The summed E-state index contributed by atoms with van der Waals surface area (Å²) in [5.41, 5.74) is 2.26. The normalized spacial score (nSPS) is 11.3. The van der Waals surface area contributed by atoms with Gasteiger partial charge in [0.15, 0.2) is 0 Å². The molecule has 0 bridgehead atoms. The molecule has 3 aromatic carbocycles. The smallest absolute Gasteiger partial charge is 0.253 e. The molecule has 0 saturated carbocycles. The van der Waals surface area contributed by atoms with Gasteiger partial charge in [-0.1, -0.05) is 60.1 Å². The van der Waals surface area contributed by atoms with Crippen molar-refractivity contribution < 1.29 is 14.4 Å². The number of hydrogen-bond donors (Lipinski definition) is 3. The van der Waals surface area contributed by atoms with Gasteiger partial charge in [0.25, 0.3) is 5.91 Å². The van der Waals surface area contributed by atoms with Gasteiger partial charge in [-0.3, -0.25) is 14.4 Å². The van der Waals surface area contributed by atoms with Crippen molar-refractivity contribution >= 4 is 40.7 Å². The molecule has 3 rings (SSSR count). The second-order valence-electron chi connectivity index (χ2n) is 6.93. The molecule has 1 atom stereocenters. The van der Waals surface area contributed by atoms with Crippen LogP contribution >= 0.6 is 11.6 Å². The first-order valence-electron chi connectivity index (χ1n) is 9.70. The van der Waals surface area contributed by atoms with Gasteiger partial charge in [-0.2, -0.15) is 0 Å². The molecule has 7 heteroatoms. The number of amides is 3. The number of carbonyl (C=O) groups excluding carboxylic acids is 3. The van der Waals surface area contributed by atoms with Gasteiger partial charge in [0, 0.05) is 18.3 Å². The Hall–Kier alpha value is -3.64. The van der Waals surface area contributed by atoms with E-state index >= 15 is 0 Å². The molecule has 0 aliphatic heterocycles. The number of benzene rings is 3. The summed E-state index contributed by atoms with van der Waals surface area (Å²) in [7, 11) is 0. The maximum atomic E-state index is 12.8. The third-order valence-electron chi connectivity index (χ3n) is 4.48. The third kappa shape index (κ3) is 6.42. The molecule has 3 amide bonds. The zero-order valence-corrected chi connectivity index (χ0v) is 17.6. The van der Waals surface area contributed by atoms with E-state index in [2.05, 4.69) is 16.0 Å². The molecule has 0 unspecified atom stereocenters. The quantitative estimate of drug-likeness (QED) is 0.498. The van der Waals surface area contributed by atoms with Crippen LogP contribution in [0.5, 0.6) is 0 Å². The summed E-state index contributed by atoms with van der Waals surface area (Å²) in [5, 5.41) is 8.73. The molecule has 0 saturated heterocycles. The van der Waals surface area contributed by atoms with Crippen molar-refractivity contribution in [3.8, 4) is 0 Å². The predicted octanol–water partition coefficient (Wildman–Crippen LogP) is 4.80. The predicted molar refractivity (Wildman–Crippen MR) is 122 cm³/mol. The molecule has 6 nitrogen and oxygen atoms in total. The highest BCUT2D eigenvalue weighted by atomic mass is 35.5. The fourth-order valence-electron chi connectivity index (χ4n) is 3.09. The summed E-state index contributed by atoms with van der Waals surface area (Å²) in [4.78, 5) is 36.8. The lowest BCUT2D eigenvalue weighted by Gasteiger charge is -2.19. The number of nitrogens with one attached hydrogen (secondary N) is 3. The summed E-state index contributed by atoms with van der Waals surface area (Å²) in [6.45, 7) is 1.41. The summed E-state index contributed by atoms with van der Waals surface area (Å²) >= 11 is 6.14. The fraction of sp³-hybridized carbons (Fsp3) is 0.125. The summed E-state index contributed by atoms with van der Waals surface area (Å²) in [6, 6.07) is 22.3. The summed E-state index contributed by atoms with van der Waals surface area (Å²) in [6.07, 6.45) is 0.0184. The van der Waals surface area contributed by atoms with Crippen LogP contribution in [-0.4, -0.2) is 17.7 Å². The molecule has 0 aliphatic rings. The van der Waals surface area contributed by atoms with Gasteiger partial charge in [0.2, 0.25) is 11.8 Å². The zero-order valence-electron chi connectivity index (χ0n) is 16.9. The molecule has 0 spiro atoms. The third-order valence-corrected chi connectivity index (χ3v) is 4.81. The van der Waals surface area contributed by atoms with E-state index in [9.17, 15) is 14.4 Å². The van der Waals surface area contributed by atoms with Gasteiger partial charge in [-0.05, 0) is 35.9 Å². The number of hydrogen-bond acceptors (Lipinski definition) is 3. The van der Waals surface area contributed by atoms with Crippen LogP contribution in [0.1, 0.15) is 35.3 Å². The lowest BCUT2D eigenvalue weighted by Crippen LogP contribution is -2.31. The Labute approximate surface area is 185 Å². The molecule has 0 aromatic heterocycles. The summed E-state index contributed by atoms with van der Waals surface area (Å²) < 4.78 is 0. The highest BCUT2D eigenvalue weighted by molar-refractivity contribution is 6.33. The Bertz CT molecular complexity index is 1090. The molecule has 31 heavy (non-hydrogen) atoms. The Kier molecular flexibility index (Phi) is 7.40. The van der Waals surface area contributed by atoms with Crippen molar-refractivity contribution in [3.63, 3.8) is 0 Å². The molecule has 0 heterocycles. The van der Waals surface area contributed by atoms with Crippen LogP contribution < -0.4 is 16.0 Å². The average molecular weight is 436 g/mol. The monoisotopic (exact) mass is 435 g/mol. The Morgan fingerprint density at radius 1 is 0.839 bits per heavy atom. The molecular weight excluding hydrogens is 414 g/mol. The van der Waals surface area contributed by atoms with Crippen molar-refractivity contribution in [1.82, 2.24) is 5.32 Å². The minimum atomic E-state index is -0.552. The van der Waals surface area contributed by atoms with Crippen LogP contribution in [0.25, 0.3) is 0 Å². The average Bonchev–Trinajstić information content (AvgIpc) is 2.74.